The van der Waals surface area contributed by atoms with E-state index in [9.17, 15) is 9.18 Å². The number of Topliss-reactive ketones (excluding diaryl/α,β-unsaturated/α-hetero) is 1. The topological polar surface area (TPSA) is 47.4 Å². The van der Waals surface area contributed by atoms with Gasteiger partial charge in [0.15, 0.2) is 5.78 Å². The highest BCUT2D eigenvalue weighted by Gasteiger charge is 2.20. The fourth-order valence-electron chi connectivity index (χ4n) is 3.90. The van der Waals surface area contributed by atoms with Crippen molar-refractivity contribution >= 4 is 11.5 Å². The molecule has 0 radical (unpaired) electrons. The number of nitrogens with zero attached hydrogens (tertiary/aromatic N) is 3. The molecule has 1 aliphatic heterocycles. The molecular weight excluding hydrogens is 393 g/mol. The normalized spacial score (nSPS) is 14.5. The molecule has 6 heteroatoms. The molecule has 4 rings (SSSR count). The quantitative estimate of drug-likeness (QED) is 0.454. The lowest BCUT2D eigenvalue weighted by Gasteiger charge is -2.33. The van der Waals surface area contributed by atoms with Crippen LogP contribution in [0.4, 0.5) is 10.1 Å². The Labute approximate surface area is 181 Å². The molecule has 2 heterocycles. The Hall–Kier alpha value is -3.43. The van der Waals surface area contributed by atoms with Crippen LogP contribution in [-0.4, -0.2) is 41.9 Å². The molecule has 2 aromatic carbocycles. The van der Waals surface area contributed by atoms with Crippen LogP contribution < -0.4 is 4.90 Å². The molecule has 5 nitrogen and oxygen atoms in total. The summed E-state index contributed by atoms with van der Waals surface area (Å²) in [6.07, 6.45) is 7.66. The van der Waals surface area contributed by atoms with Gasteiger partial charge in [0.1, 0.15) is 11.5 Å². The van der Waals surface area contributed by atoms with Gasteiger partial charge in [-0.3, -0.25) is 4.79 Å². The van der Waals surface area contributed by atoms with Crippen LogP contribution in [0.1, 0.15) is 35.8 Å². The highest BCUT2D eigenvalue weighted by molar-refractivity contribution is 5.93. The number of anilines is 1. The monoisotopic (exact) mass is 417 g/mol. The minimum Gasteiger partial charge on any atom is -0.381 e. The maximum absolute atomic E-state index is 14.3. The first-order valence-electron chi connectivity index (χ1n) is 10.3. The third kappa shape index (κ3) is 4.23. The van der Waals surface area contributed by atoms with E-state index in [2.05, 4.69) is 15.9 Å². The van der Waals surface area contributed by atoms with Crippen LogP contribution in [0.2, 0.25) is 0 Å². The van der Waals surface area contributed by atoms with Crippen molar-refractivity contribution in [3.8, 4) is 29.3 Å². The number of carbonyl (C=O) groups excluding carboxylic acids is 1. The summed E-state index contributed by atoms with van der Waals surface area (Å²) in [6, 6.07) is 14.4. The van der Waals surface area contributed by atoms with Crippen molar-refractivity contribution in [3.05, 3.63) is 65.6 Å². The summed E-state index contributed by atoms with van der Waals surface area (Å²) in [5.74, 6) is 1.69. The summed E-state index contributed by atoms with van der Waals surface area (Å²) < 4.78 is 21.4. The zero-order valence-electron chi connectivity index (χ0n) is 17.6. The molecule has 1 fully saturated rings. The van der Waals surface area contributed by atoms with Crippen molar-refractivity contribution in [1.82, 2.24) is 9.78 Å². The van der Waals surface area contributed by atoms with Gasteiger partial charge in [-0.05, 0) is 55.3 Å². The van der Waals surface area contributed by atoms with Crippen molar-refractivity contribution in [2.45, 2.75) is 25.9 Å². The molecule has 31 heavy (non-hydrogen) atoms. The van der Waals surface area contributed by atoms with Gasteiger partial charge in [0, 0.05) is 38.4 Å². The zero-order chi connectivity index (χ0) is 22.0. The molecule has 0 spiro atoms. The lowest BCUT2D eigenvalue weighted by atomic mass is 10.1. The average molecular weight is 417 g/mol. The number of carbonyl (C=O) groups is 1. The van der Waals surface area contributed by atoms with E-state index in [4.69, 9.17) is 11.2 Å². The van der Waals surface area contributed by atoms with E-state index in [1.165, 1.54) is 13.0 Å². The van der Waals surface area contributed by atoms with Gasteiger partial charge in [-0.15, -0.1) is 6.42 Å². The van der Waals surface area contributed by atoms with Gasteiger partial charge in [0.05, 0.1) is 23.0 Å². The number of methoxy groups -OCH3 is 1. The molecule has 1 aliphatic rings. The molecule has 0 atom stereocenters. The number of aromatic nitrogens is 2. The first kappa shape index (κ1) is 20.8. The van der Waals surface area contributed by atoms with Gasteiger partial charge in [-0.2, -0.15) is 5.10 Å². The van der Waals surface area contributed by atoms with Crippen molar-refractivity contribution in [3.63, 3.8) is 0 Å². The molecular formula is C25H24FN3O2. The Balaban J connectivity index is 1.67. The van der Waals surface area contributed by atoms with E-state index in [0.717, 1.165) is 37.3 Å². The largest absolute Gasteiger partial charge is 0.381 e. The van der Waals surface area contributed by atoms with Gasteiger partial charge in [-0.1, -0.05) is 12.0 Å². The van der Waals surface area contributed by atoms with E-state index in [1.54, 1.807) is 30.0 Å². The molecule has 158 valence electrons. The van der Waals surface area contributed by atoms with Gasteiger partial charge >= 0.3 is 0 Å². The average Bonchev–Trinajstić information content (AvgIpc) is 3.25. The molecule has 0 aliphatic carbocycles. The van der Waals surface area contributed by atoms with Gasteiger partial charge in [0.2, 0.25) is 0 Å². The summed E-state index contributed by atoms with van der Waals surface area (Å²) in [4.78, 5) is 14.3. The molecule has 0 N–H and O–H groups in total. The number of hydrogen-bond acceptors (Lipinski definition) is 4. The molecule has 1 aromatic heterocycles. The van der Waals surface area contributed by atoms with Crippen LogP contribution in [-0.2, 0) is 4.74 Å². The molecule has 1 saturated heterocycles. The number of benzene rings is 2. The maximum Gasteiger partial charge on any atom is 0.180 e. The van der Waals surface area contributed by atoms with Crippen molar-refractivity contribution < 1.29 is 13.9 Å². The highest BCUT2D eigenvalue weighted by atomic mass is 19.1. The highest BCUT2D eigenvalue weighted by Crippen LogP contribution is 2.28. The van der Waals surface area contributed by atoms with Crippen LogP contribution in [0, 0.1) is 18.2 Å². The lowest BCUT2D eigenvalue weighted by molar-refractivity contribution is 0.0819. The van der Waals surface area contributed by atoms with E-state index in [0.29, 0.717) is 23.1 Å². The van der Waals surface area contributed by atoms with Crippen LogP contribution in [0.5, 0.6) is 0 Å². The van der Waals surface area contributed by atoms with Gasteiger partial charge in [-0.25, -0.2) is 9.07 Å². The molecule has 0 bridgehead atoms. The Morgan fingerprint density at radius 1 is 1.13 bits per heavy atom. The third-order valence-corrected chi connectivity index (χ3v) is 5.73. The fourth-order valence-corrected chi connectivity index (χ4v) is 3.90. The summed E-state index contributed by atoms with van der Waals surface area (Å²) in [5, 5.41) is 4.47. The number of hydrogen-bond donors (Lipinski definition) is 0. The Morgan fingerprint density at radius 3 is 2.39 bits per heavy atom. The third-order valence-electron chi connectivity index (χ3n) is 5.73. The number of halogens is 1. The van der Waals surface area contributed by atoms with Crippen molar-refractivity contribution in [1.29, 1.82) is 0 Å². The van der Waals surface area contributed by atoms with Crippen LogP contribution >= 0.6 is 0 Å². The van der Waals surface area contributed by atoms with Crippen molar-refractivity contribution in [2.75, 3.05) is 25.1 Å². The number of piperidine rings is 1. The fraction of sp³-hybridized carbons (Fsp3) is 0.280. The summed E-state index contributed by atoms with van der Waals surface area (Å²) >= 11 is 0. The summed E-state index contributed by atoms with van der Waals surface area (Å²) in [6.45, 7) is 3.35. The number of ether oxygens (including phenoxy) is 1. The lowest BCUT2D eigenvalue weighted by Crippen LogP contribution is -2.36. The number of rotatable bonds is 5. The van der Waals surface area contributed by atoms with E-state index in [1.807, 2.05) is 24.3 Å². The summed E-state index contributed by atoms with van der Waals surface area (Å²) in [7, 11) is 1.76. The standard InChI is InChI=1S/C25H24FN3O2/c1-4-18-5-6-19(15-23(18)26)25-16-24(17(2)30)27-29(25)21-9-7-20(8-10-21)28-13-11-22(31-3)12-14-28/h1,5-10,15-16,22H,11-14H2,2-3H3. The van der Waals surface area contributed by atoms with Crippen molar-refractivity contribution in [2.24, 2.45) is 0 Å². The van der Waals surface area contributed by atoms with Crippen LogP contribution in [0.3, 0.4) is 0 Å². The Morgan fingerprint density at radius 2 is 1.81 bits per heavy atom. The maximum atomic E-state index is 14.3. The molecule has 3 aromatic rings. The second-order valence-corrected chi connectivity index (χ2v) is 7.66. The van der Waals surface area contributed by atoms with Gasteiger partial charge in [0.25, 0.3) is 0 Å². The first-order valence-corrected chi connectivity index (χ1v) is 10.3. The Kier molecular flexibility index (Phi) is 5.88. The van der Waals surface area contributed by atoms with E-state index < -0.39 is 5.82 Å². The number of terminal acetylenes is 1. The van der Waals surface area contributed by atoms with Gasteiger partial charge < -0.3 is 9.64 Å². The molecule has 0 unspecified atom stereocenters. The Bertz CT molecular complexity index is 1140. The SMILES string of the molecule is C#Cc1ccc(-c2cc(C(C)=O)nn2-c2ccc(N3CCC(OC)CC3)cc2)cc1F. The molecule has 0 amide bonds. The zero-order valence-corrected chi connectivity index (χ0v) is 17.6. The first-order chi connectivity index (χ1) is 15.0. The van der Waals surface area contributed by atoms with Crippen LogP contribution in [0.15, 0.2) is 48.5 Å². The second-order valence-electron chi connectivity index (χ2n) is 7.66. The smallest absolute Gasteiger partial charge is 0.180 e. The predicted molar refractivity (Wildman–Crippen MR) is 119 cm³/mol. The van der Waals surface area contributed by atoms with Crippen LogP contribution in [0.25, 0.3) is 16.9 Å². The van der Waals surface area contributed by atoms with E-state index in [-0.39, 0.29) is 11.3 Å². The summed E-state index contributed by atoms with van der Waals surface area (Å²) in [5.41, 5.74) is 3.66. The minimum absolute atomic E-state index is 0.154. The minimum atomic E-state index is -0.480. The number of ketones is 1. The second kappa shape index (κ2) is 8.75. The van der Waals surface area contributed by atoms with E-state index >= 15 is 0 Å². The predicted octanol–water partition coefficient (Wildman–Crippen LogP) is 4.48. The molecule has 0 saturated carbocycles.